The topological polar surface area (TPSA) is 117 Å². The lowest BCUT2D eigenvalue weighted by atomic mass is 10.1. The smallest absolute Gasteiger partial charge is 0.342 e. The van der Waals surface area contributed by atoms with Crippen LogP contribution in [0.1, 0.15) is 5.56 Å². The highest BCUT2D eigenvalue weighted by atomic mass is 32.2. The summed E-state index contributed by atoms with van der Waals surface area (Å²) in [5.74, 6) is 0.619. The minimum absolute atomic E-state index is 0.0464. The fourth-order valence-electron chi connectivity index (χ4n) is 1.76. The molecule has 8 nitrogen and oxygen atoms in total. The van der Waals surface area contributed by atoms with E-state index in [1.165, 1.54) is 0 Å². The standard InChI is InChI=1S/C14H16N4O4S/c1-22-10-4-2-9(3-5-10)6-7-15-11(19)8-23-13-12(20)16-14(21)18-17-13/h2-5H,6-8H2,1H3,(H,15,19)(H2,16,18,20,21). The van der Waals surface area contributed by atoms with Crippen molar-refractivity contribution in [3.05, 3.63) is 50.7 Å². The van der Waals surface area contributed by atoms with Crippen molar-refractivity contribution < 1.29 is 9.53 Å². The number of benzene rings is 1. The summed E-state index contributed by atoms with van der Waals surface area (Å²) in [7, 11) is 1.61. The summed E-state index contributed by atoms with van der Waals surface area (Å²) in [6, 6.07) is 7.59. The third-order valence-electron chi connectivity index (χ3n) is 2.92. The highest BCUT2D eigenvalue weighted by Crippen LogP contribution is 2.11. The zero-order valence-corrected chi connectivity index (χ0v) is 13.2. The maximum Gasteiger partial charge on any atom is 0.342 e. The number of ether oxygens (including phenoxy) is 1. The number of aromatic amines is 2. The average molecular weight is 336 g/mol. The van der Waals surface area contributed by atoms with Gasteiger partial charge in [0.2, 0.25) is 5.91 Å². The lowest BCUT2D eigenvalue weighted by molar-refractivity contribution is -0.118. The second kappa shape index (κ2) is 8.18. The van der Waals surface area contributed by atoms with Crippen molar-refractivity contribution in [1.82, 2.24) is 20.5 Å². The maximum atomic E-state index is 11.7. The van der Waals surface area contributed by atoms with Crippen LogP contribution < -0.4 is 21.3 Å². The van der Waals surface area contributed by atoms with Crippen LogP contribution in [-0.2, 0) is 11.2 Å². The van der Waals surface area contributed by atoms with Gasteiger partial charge in [-0.05, 0) is 24.1 Å². The van der Waals surface area contributed by atoms with E-state index in [0.29, 0.717) is 13.0 Å². The molecular formula is C14H16N4O4S. The van der Waals surface area contributed by atoms with Crippen LogP contribution in [0.2, 0.25) is 0 Å². The highest BCUT2D eigenvalue weighted by Gasteiger charge is 2.07. The molecule has 0 saturated carbocycles. The SMILES string of the molecule is COc1ccc(CCNC(=O)CSc2n[nH]c(=O)[nH]c2=O)cc1. The first-order chi connectivity index (χ1) is 11.1. The van der Waals surface area contributed by atoms with E-state index in [0.717, 1.165) is 23.1 Å². The number of methoxy groups -OCH3 is 1. The van der Waals surface area contributed by atoms with Crippen LogP contribution >= 0.6 is 11.8 Å². The van der Waals surface area contributed by atoms with E-state index < -0.39 is 11.2 Å². The molecular weight excluding hydrogens is 320 g/mol. The Labute approximate surface area is 135 Å². The van der Waals surface area contributed by atoms with E-state index in [1.54, 1.807) is 7.11 Å². The number of amides is 1. The van der Waals surface area contributed by atoms with Gasteiger partial charge in [-0.1, -0.05) is 23.9 Å². The Morgan fingerprint density at radius 2 is 2.04 bits per heavy atom. The summed E-state index contributed by atoms with van der Waals surface area (Å²) in [6.07, 6.45) is 0.692. The van der Waals surface area contributed by atoms with Gasteiger partial charge in [0.1, 0.15) is 5.75 Å². The van der Waals surface area contributed by atoms with Crippen molar-refractivity contribution in [2.75, 3.05) is 19.4 Å². The molecule has 0 atom stereocenters. The van der Waals surface area contributed by atoms with Crippen molar-refractivity contribution in [2.24, 2.45) is 0 Å². The van der Waals surface area contributed by atoms with Crippen LogP contribution in [0.5, 0.6) is 5.75 Å². The molecule has 3 N–H and O–H groups in total. The van der Waals surface area contributed by atoms with Gasteiger partial charge >= 0.3 is 5.69 Å². The molecule has 0 aliphatic rings. The molecule has 9 heteroatoms. The Hall–Kier alpha value is -2.55. The van der Waals surface area contributed by atoms with E-state index in [-0.39, 0.29) is 16.7 Å². The number of aromatic nitrogens is 3. The van der Waals surface area contributed by atoms with Crippen LogP contribution in [0.4, 0.5) is 0 Å². The van der Waals surface area contributed by atoms with Crippen molar-refractivity contribution in [3.8, 4) is 5.75 Å². The Kier molecular flexibility index (Phi) is 5.98. The first kappa shape index (κ1) is 16.8. The van der Waals surface area contributed by atoms with Crippen molar-refractivity contribution in [1.29, 1.82) is 0 Å². The number of nitrogens with zero attached hydrogens (tertiary/aromatic N) is 1. The number of hydrogen-bond acceptors (Lipinski definition) is 6. The minimum atomic E-state index is -0.678. The average Bonchev–Trinajstić information content (AvgIpc) is 2.54. The zero-order chi connectivity index (χ0) is 16.7. The van der Waals surface area contributed by atoms with Gasteiger partial charge in [-0.3, -0.25) is 14.6 Å². The monoisotopic (exact) mass is 336 g/mol. The van der Waals surface area contributed by atoms with E-state index in [9.17, 15) is 14.4 Å². The van der Waals surface area contributed by atoms with E-state index >= 15 is 0 Å². The number of rotatable bonds is 7. The first-order valence-electron chi connectivity index (χ1n) is 6.80. The number of nitrogens with one attached hydrogen (secondary N) is 3. The molecule has 1 aromatic heterocycles. The van der Waals surface area contributed by atoms with Crippen molar-refractivity contribution in [2.45, 2.75) is 11.4 Å². The lowest BCUT2D eigenvalue weighted by Gasteiger charge is -2.06. The lowest BCUT2D eigenvalue weighted by Crippen LogP contribution is -2.29. The molecule has 2 rings (SSSR count). The normalized spacial score (nSPS) is 10.3. The van der Waals surface area contributed by atoms with Crippen molar-refractivity contribution >= 4 is 17.7 Å². The number of carbonyl (C=O) groups excluding carboxylic acids is 1. The van der Waals surface area contributed by atoms with Crippen LogP contribution in [0, 0.1) is 0 Å². The van der Waals surface area contributed by atoms with Gasteiger partial charge < -0.3 is 10.1 Å². The molecule has 0 unspecified atom stereocenters. The maximum absolute atomic E-state index is 11.7. The molecule has 2 aromatic rings. The Morgan fingerprint density at radius 3 is 2.70 bits per heavy atom. The molecule has 1 aromatic carbocycles. The molecule has 0 fully saturated rings. The number of thioether (sulfide) groups is 1. The molecule has 23 heavy (non-hydrogen) atoms. The van der Waals surface area contributed by atoms with E-state index in [1.807, 2.05) is 29.2 Å². The Balaban J connectivity index is 1.74. The van der Waals surface area contributed by atoms with Gasteiger partial charge in [-0.2, -0.15) is 5.10 Å². The summed E-state index contributed by atoms with van der Waals surface area (Å²) in [5.41, 5.74) is -0.203. The van der Waals surface area contributed by atoms with Crippen LogP contribution in [0.15, 0.2) is 38.9 Å². The highest BCUT2D eigenvalue weighted by molar-refractivity contribution is 7.99. The van der Waals surface area contributed by atoms with Crippen LogP contribution in [0.25, 0.3) is 0 Å². The summed E-state index contributed by atoms with van der Waals surface area (Å²) < 4.78 is 5.07. The largest absolute Gasteiger partial charge is 0.497 e. The number of H-pyrrole nitrogens is 2. The van der Waals surface area contributed by atoms with Gasteiger partial charge in [-0.15, -0.1) is 0 Å². The molecule has 0 spiro atoms. The predicted octanol–water partition coefficient (Wildman–Crippen LogP) is -0.0822. The number of hydrogen-bond donors (Lipinski definition) is 3. The molecule has 0 radical (unpaired) electrons. The third-order valence-corrected chi connectivity index (χ3v) is 3.87. The zero-order valence-electron chi connectivity index (χ0n) is 12.4. The molecule has 0 aliphatic carbocycles. The van der Waals surface area contributed by atoms with Gasteiger partial charge in [-0.25, -0.2) is 9.89 Å². The summed E-state index contributed by atoms with van der Waals surface area (Å²) >= 11 is 0.961. The Bertz CT molecular complexity index is 769. The van der Waals surface area contributed by atoms with Gasteiger partial charge in [0.05, 0.1) is 12.9 Å². The fourth-order valence-corrected chi connectivity index (χ4v) is 2.42. The first-order valence-corrected chi connectivity index (χ1v) is 7.78. The van der Waals surface area contributed by atoms with Crippen molar-refractivity contribution in [3.63, 3.8) is 0 Å². The minimum Gasteiger partial charge on any atom is -0.497 e. The van der Waals surface area contributed by atoms with Gasteiger partial charge in [0, 0.05) is 6.54 Å². The molecule has 0 saturated heterocycles. The quantitative estimate of drug-likeness (QED) is 0.609. The summed E-state index contributed by atoms with van der Waals surface area (Å²) in [5, 5.41) is 8.51. The molecule has 1 amide bonds. The fraction of sp³-hybridized carbons (Fsp3) is 0.286. The third kappa shape index (κ3) is 5.29. The van der Waals surface area contributed by atoms with Crippen LogP contribution in [-0.4, -0.2) is 40.5 Å². The molecule has 122 valence electrons. The van der Waals surface area contributed by atoms with Crippen LogP contribution in [0.3, 0.4) is 0 Å². The Morgan fingerprint density at radius 1 is 1.30 bits per heavy atom. The van der Waals surface area contributed by atoms with Gasteiger partial charge in [0.15, 0.2) is 5.03 Å². The second-order valence-electron chi connectivity index (χ2n) is 4.55. The molecule has 1 heterocycles. The van der Waals surface area contributed by atoms with Gasteiger partial charge in [0.25, 0.3) is 5.56 Å². The second-order valence-corrected chi connectivity index (χ2v) is 5.51. The number of carbonyl (C=O) groups is 1. The molecule has 0 aliphatic heterocycles. The van der Waals surface area contributed by atoms with E-state index in [2.05, 4.69) is 15.5 Å². The molecule has 0 bridgehead atoms. The summed E-state index contributed by atoms with van der Waals surface area (Å²) in [6.45, 7) is 0.487. The predicted molar refractivity (Wildman–Crippen MR) is 85.9 cm³/mol. The summed E-state index contributed by atoms with van der Waals surface area (Å²) in [4.78, 5) is 36.0. The van der Waals surface area contributed by atoms with E-state index in [4.69, 9.17) is 4.74 Å².